The maximum absolute atomic E-state index is 12.7. The second kappa shape index (κ2) is 7.32. The number of hydrogen-bond donors (Lipinski definition) is 0. The predicted octanol–water partition coefficient (Wildman–Crippen LogP) is 3.74. The molecule has 1 unspecified atom stereocenters. The summed E-state index contributed by atoms with van der Waals surface area (Å²) in [6, 6.07) is 13.5. The van der Waals surface area contributed by atoms with E-state index in [0.717, 1.165) is 17.7 Å². The van der Waals surface area contributed by atoms with Crippen molar-refractivity contribution in [1.82, 2.24) is 9.47 Å². The van der Waals surface area contributed by atoms with Crippen molar-refractivity contribution in [3.63, 3.8) is 0 Å². The summed E-state index contributed by atoms with van der Waals surface area (Å²) >= 11 is 6.37. The molecule has 0 fully saturated rings. The van der Waals surface area contributed by atoms with E-state index in [1.54, 1.807) is 0 Å². The summed E-state index contributed by atoms with van der Waals surface area (Å²) in [5.74, 6) is -0.0362. The first-order valence-corrected chi connectivity index (χ1v) is 7.65. The zero-order valence-electron chi connectivity index (χ0n) is 12.5. The Morgan fingerprint density at radius 2 is 1.95 bits per heavy atom. The molecule has 1 heterocycles. The lowest BCUT2D eigenvalue weighted by atomic mass is 10.1. The fourth-order valence-corrected chi connectivity index (χ4v) is 2.60. The monoisotopic (exact) mass is 304 g/mol. The first-order valence-electron chi connectivity index (χ1n) is 7.21. The third kappa shape index (κ3) is 3.88. The normalized spacial score (nSPS) is 12.1. The first-order chi connectivity index (χ1) is 10.1. The van der Waals surface area contributed by atoms with Crippen LogP contribution in [0.25, 0.3) is 0 Å². The lowest BCUT2D eigenvalue weighted by Crippen LogP contribution is -2.34. The van der Waals surface area contributed by atoms with Gasteiger partial charge in [0.25, 0.3) is 0 Å². The van der Waals surface area contributed by atoms with Crippen molar-refractivity contribution in [3.8, 4) is 0 Å². The van der Waals surface area contributed by atoms with Crippen LogP contribution >= 0.6 is 11.6 Å². The molecule has 21 heavy (non-hydrogen) atoms. The van der Waals surface area contributed by atoms with Gasteiger partial charge in [-0.25, -0.2) is 0 Å². The van der Waals surface area contributed by atoms with Gasteiger partial charge >= 0.3 is 0 Å². The van der Waals surface area contributed by atoms with Crippen LogP contribution in [0.1, 0.15) is 30.0 Å². The van der Waals surface area contributed by atoms with Crippen molar-refractivity contribution in [2.24, 2.45) is 7.05 Å². The molecule has 0 saturated carbocycles. The molecule has 1 atom stereocenters. The maximum atomic E-state index is 12.7. The quantitative estimate of drug-likeness (QED) is 0.746. The van der Waals surface area contributed by atoms with E-state index < -0.39 is 5.38 Å². The molecule has 1 aromatic carbocycles. The van der Waals surface area contributed by atoms with E-state index in [-0.39, 0.29) is 5.91 Å². The number of carbonyl (C=O) groups is 1. The summed E-state index contributed by atoms with van der Waals surface area (Å²) in [7, 11) is 1.99. The molecule has 4 heteroatoms. The Hall–Kier alpha value is -1.74. The Kier molecular flexibility index (Phi) is 5.45. The van der Waals surface area contributed by atoms with Crippen LogP contribution in [0.3, 0.4) is 0 Å². The molecule has 2 rings (SSSR count). The van der Waals surface area contributed by atoms with E-state index in [0.29, 0.717) is 13.1 Å². The van der Waals surface area contributed by atoms with Gasteiger partial charge in [-0.3, -0.25) is 4.79 Å². The number of rotatable bonds is 6. The van der Waals surface area contributed by atoms with E-state index in [1.165, 1.54) is 0 Å². The molecule has 112 valence electrons. The average molecular weight is 305 g/mol. The van der Waals surface area contributed by atoms with Crippen LogP contribution in [-0.4, -0.2) is 21.9 Å². The summed E-state index contributed by atoms with van der Waals surface area (Å²) in [6.07, 6.45) is 2.90. The Morgan fingerprint density at radius 3 is 2.52 bits per heavy atom. The van der Waals surface area contributed by atoms with Crippen LogP contribution in [0.5, 0.6) is 0 Å². The van der Waals surface area contributed by atoms with E-state index in [9.17, 15) is 4.79 Å². The largest absolute Gasteiger partial charge is 0.353 e. The van der Waals surface area contributed by atoms with Crippen LogP contribution in [0.2, 0.25) is 0 Å². The number of halogens is 1. The minimum atomic E-state index is -0.627. The topological polar surface area (TPSA) is 25.2 Å². The predicted molar refractivity (Wildman–Crippen MR) is 86.2 cm³/mol. The lowest BCUT2D eigenvalue weighted by Gasteiger charge is -2.25. The van der Waals surface area contributed by atoms with Crippen LogP contribution in [-0.2, 0) is 18.4 Å². The molecule has 0 spiro atoms. The molecular weight excluding hydrogens is 284 g/mol. The number of carbonyl (C=O) groups excluding carboxylic acids is 1. The van der Waals surface area contributed by atoms with Crippen molar-refractivity contribution in [2.75, 3.05) is 6.54 Å². The van der Waals surface area contributed by atoms with Gasteiger partial charge in [0.15, 0.2) is 0 Å². The van der Waals surface area contributed by atoms with Crippen LogP contribution < -0.4 is 0 Å². The highest BCUT2D eigenvalue weighted by atomic mass is 35.5. The molecule has 0 bridgehead atoms. The Labute approximate surface area is 131 Å². The van der Waals surface area contributed by atoms with Gasteiger partial charge < -0.3 is 9.47 Å². The average Bonchev–Trinajstić information content (AvgIpc) is 2.91. The molecule has 1 amide bonds. The highest BCUT2D eigenvalue weighted by molar-refractivity contribution is 6.30. The summed E-state index contributed by atoms with van der Waals surface area (Å²) in [5, 5.41) is -0.627. The van der Waals surface area contributed by atoms with Gasteiger partial charge in [-0.2, -0.15) is 0 Å². The third-order valence-corrected chi connectivity index (χ3v) is 3.96. The standard InChI is InChI=1S/C17H21ClN2O/c1-3-11-20(13-15-10-7-12-19(15)2)17(21)16(18)14-8-5-4-6-9-14/h4-10,12,16H,3,11,13H2,1-2H3. The number of nitrogens with zero attached hydrogens (tertiary/aromatic N) is 2. The molecule has 2 aromatic rings. The molecular formula is C17H21ClN2O. The van der Waals surface area contributed by atoms with Gasteiger partial charge in [0.1, 0.15) is 5.38 Å². The van der Waals surface area contributed by atoms with Gasteiger partial charge in [-0.15, -0.1) is 11.6 Å². The number of aromatic nitrogens is 1. The lowest BCUT2D eigenvalue weighted by molar-refractivity contribution is -0.131. The maximum Gasteiger partial charge on any atom is 0.245 e. The number of alkyl halides is 1. The van der Waals surface area contributed by atoms with Crippen LogP contribution in [0.4, 0.5) is 0 Å². The number of amides is 1. The van der Waals surface area contributed by atoms with E-state index in [2.05, 4.69) is 6.92 Å². The summed E-state index contributed by atoms with van der Waals surface area (Å²) in [6.45, 7) is 3.36. The third-order valence-electron chi connectivity index (χ3n) is 3.52. The smallest absolute Gasteiger partial charge is 0.245 e. The number of hydrogen-bond acceptors (Lipinski definition) is 1. The number of benzene rings is 1. The molecule has 3 nitrogen and oxygen atoms in total. The Morgan fingerprint density at radius 1 is 1.24 bits per heavy atom. The number of aryl methyl sites for hydroxylation is 1. The van der Waals surface area contributed by atoms with Gasteiger partial charge in [-0.1, -0.05) is 37.3 Å². The minimum absolute atomic E-state index is 0.0362. The Bertz CT molecular complexity index is 579. The highest BCUT2D eigenvalue weighted by Crippen LogP contribution is 2.23. The molecule has 0 aliphatic heterocycles. The fraction of sp³-hybridized carbons (Fsp3) is 0.353. The summed E-state index contributed by atoms with van der Waals surface area (Å²) < 4.78 is 2.03. The zero-order chi connectivity index (χ0) is 15.2. The van der Waals surface area contributed by atoms with Crippen LogP contribution in [0, 0.1) is 0 Å². The van der Waals surface area contributed by atoms with Crippen molar-refractivity contribution in [2.45, 2.75) is 25.3 Å². The van der Waals surface area contributed by atoms with E-state index in [4.69, 9.17) is 11.6 Å². The molecule has 1 aromatic heterocycles. The molecule has 0 aliphatic carbocycles. The van der Waals surface area contributed by atoms with Crippen molar-refractivity contribution in [3.05, 3.63) is 59.9 Å². The summed E-state index contributed by atoms with van der Waals surface area (Å²) in [4.78, 5) is 14.5. The molecule has 0 N–H and O–H groups in total. The van der Waals surface area contributed by atoms with E-state index >= 15 is 0 Å². The van der Waals surface area contributed by atoms with Gasteiger partial charge in [0.05, 0.1) is 6.54 Å². The second-order valence-corrected chi connectivity index (χ2v) is 5.58. The fourth-order valence-electron chi connectivity index (χ4n) is 2.32. The van der Waals surface area contributed by atoms with E-state index in [1.807, 2.05) is 65.2 Å². The second-order valence-electron chi connectivity index (χ2n) is 5.14. The summed E-state index contributed by atoms with van der Waals surface area (Å²) in [5.41, 5.74) is 1.95. The Balaban J connectivity index is 2.14. The van der Waals surface area contributed by atoms with Gasteiger partial charge in [0, 0.05) is 25.5 Å². The minimum Gasteiger partial charge on any atom is -0.353 e. The molecule has 0 saturated heterocycles. The molecule has 0 aliphatic rings. The van der Waals surface area contributed by atoms with Crippen LogP contribution in [0.15, 0.2) is 48.7 Å². The SMILES string of the molecule is CCCN(Cc1cccn1C)C(=O)C(Cl)c1ccccc1. The van der Waals surface area contributed by atoms with Crippen molar-refractivity contribution < 1.29 is 4.79 Å². The highest BCUT2D eigenvalue weighted by Gasteiger charge is 2.23. The van der Waals surface area contributed by atoms with Gasteiger partial charge in [0.2, 0.25) is 5.91 Å². The molecule has 0 radical (unpaired) electrons. The van der Waals surface area contributed by atoms with Gasteiger partial charge in [-0.05, 0) is 24.1 Å². The zero-order valence-corrected chi connectivity index (χ0v) is 13.3. The first kappa shape index (κ1) is 15.6. The van der Waals surface area contributed by atoms with Crippen molar-refractivity contribution in [1.29, 1.82) is 0 Å². The van der Waals surface area contributed by atoms with Crippen molar-refractivity contribution >= 4 is 17.5 Å².